The summed E-state index contributed by atoms with van der Waals surface area (Å²) in [5.41, 5.74) is 3.22. The van der Waals surface area contributed by atoms with E-state index in [0.717, 1.165) is 22.5 Å². The zero-order chi connectivity index (χ0) is 15.9. The summed E-state index contributed by atoms with van der Waals surface area (Å²) in [5.74, 6) is 0.0741. The lowest BCUT2D eigenvalue weighted by Crippen LogP contribution is -1.93. The SMILES string of the molecule is Cn1nc(-c2ccc(O)c(Cl)c2)cc1-c1ccc(O)c(Cl)c1. The highest BCUT2D eigenvalue weighted by Gasteiger charge is 2.12. The molecule has 0 unspecified atom stereocenters. The van der Waals surface area contributed by atoms with Crippen molar-refractivity contribution in [2.45, 2.75) is 0 Å². The molecule has 0 atom stereocenters. The van der Waals surface area contributed by atoms with Crippen LogP contribution in [0.3, 0.4) is 0 Å². The third kappa shape index (κ3) is 2.63. The summed E-state index contributed by atoms with van der Waals surface area (Å²) in [6, 6.07) is 11.8. The van der Waals surface area contributed by atoms with Gasteiger partial charge in [0.05, 0.1) is 21.4 Å². The van der Waals surface area contributed by atoms with E-state index in [2.05, 4.69) is 5.10 Å². The largest absolute Gasteiger partial charge is 0.506 e. The monoisotopic (exact) mass is 334 g/mol. The van der Waals surface area contributed by atoms with Crippen LogP contribution in [0.25, 0.3) is 22.5 Å². The molecule has 0 saturated carbocycles. The third-order valence-corrected chi connectivity index (χ3v) is 3.97. The molecule has 1 heterocycles. The first-order valence-electron chi connectivity index (χ1n) is 6.47. The van der Waals surface area contributed by atoms with Crippen LogP contribution in [0.4, 0.5) is 0 Å². The van der Waals surface area contributed by atoms with E-state index in [0.29, 0.717) is 0 Å². The molecule has 2 aromatic carbocycles. The zero-order valence-electron chi connectivity index (χ0n) is 11.6. The van der Waals surface area contributed by atoms with Gasteiger partial charge in [-0.3, -0.25) is 4.68 Å². The molecule has 0 spiro atoms. The quantitative estimate of drug-likeness (QED) is 0.726. The van der Waals surface area contributed by atoms with Crippen molar-refractivity contribution in [1.82, 2.24) is 9.78 Å². The Balaban J connectivity index is 2.06. The number of nitrogens with zero attached hydrogens (tertiary/aromatic N) is 2. The highest BCUT2D eigenvalue weighted by atomic mass is 35.5. The lowest BCUT2D eigenvalue weighted by atomic mass is 10.1. The van der Waals surface area contributed by atoms with Crippen molar-refractivity contribution in [2.75, 3.05) is 0 Å². The van der Waals surface area contributed by atoms with Gasteiger partial charge < -0.3 is 10.2 Å². The maximum Gasteiger partial charge on any atom is 0.134 e. The average molecular weight is 335 g/mol. The van der Waals surface area contributed by atoms with Crippen LogP contribution in [0.5, 0.6) is 11.5 Å². The Kier molecular flexibility index (Phi) is 3.72. The van der Waals surface area contributed by atoms with E-state index < -0.39 is 0 Å². The van der Waals surface area contributed by atoms with Gasteiger partial charge in [-0.15, -0.1) is 0 Å². The summed E-state index contributed by atoms with van der Waals surface area (Å²) in [6.45, 7) is 0. The number of aryl methyl sites for hydroxylation is 1. The molecule has 0 saturated heterocycles. The van der Waals surface area contributed by atoms with Gasteiger partial charge in [-0.1, -0.05) is 23.2 Å². The van der Waals surface area contributed by atoms with Crippen molar-refractivity contribution < 1.29 is 10.2 Å². The molecule has 6 heteroatoms. The van der Waals surface area contributed by atoms with Gasteiger partial charge in [-0.25, -0.2) is 0 Å². The van der Waals surface area contributed by atoms with Crippen molar-refractivity contribution >= 4 is 23.2 Å². The molecule has 0 radical (unpaired) electrons. The summed E-state index contributed by atoms with van der Waals surface area (Å²) in [6.07, 6.45) is 0. The van der Waals surface area contributed by atoms with Crippen molar-refractivity contribution in [3.63, 3.8) is 0 Å². The summed E-state index contributed by atoms with van der Waals surface area (Å²) in [5, 5.41) is 24.0. The lowest BCUT2D eigenvalue weighted by molar-refractivity contribution is 0.475. The Morgan fingerprint density at radius 1 is 0.864 bits per heavy atom. The number of aromatic nitrogens is 2. The lowest BCUT2D eigenvalue weighted by Gasteiger charge is -2.03. The van der Waals surface area contributed by atoms with E-state index in [1.54, 1.807) is 35.0 Å². The molecular formula is C16H12Cl2N2O2. The van der Waals surface area contributed by atoms with E-state index in [4.69, 9.17) is 23.2 Å². The fourth-order valence-corrected chi connectivity index (χ4v) is 2.57. The Bertz CT molecular complexity index is 859. The minimum Gasteiger partial charge on any atom is -0.506 e. The molecular weight excluding hydrogens is 323 g/mol. The maximum atomic E-state index is 9.51. The van der Waals surface area contributed by atoms with Gasteiger partial charge in [0, 0.05) is 18.2 Å². The Morgan fingerprint density at radius 3 is 2.00 bits per heavy atom. The molecule has 0 aliphatic rings. The van der Waals surface area contributed by atoms with Crippen LogP contribution in [0.15, 0.2) is 42.5 Å². The summed E-state index contributed by atoms with van der Waals surface area (Å²) in [7, 11) is 1.82. The van der Waals surface area contributed by atoms with Gasteiger partial charge in [0.25, 0.3) is 0 Å². The predicted octanol–water partition coefficient (Wildman–Crippen LogP) is 4.47. The number of hydrogen-bond acceptors (Lipinski definition) is 3. The van der Waals surface area contributed by atoms with E-state index in [9.17, 15) is 10.2 Å². The number of phenolic OH excluding ortho intramolecular Hbond substituents is 2. The molecule has 0 amide bonds. The fraction of sp³-hybridized carbons (Fsp3) is 0.0625. The van der Waals surface area contributed by atoms with Crippen LogP contribution in [0, 0.1) is 0 Å². The third-order valence-electron chi connectivity index (χ3n) is 3.37. The summed E-state index contributed by atoms with van der Waals surface area (Å²) >= 11 is 11.9. The maximum absolute atomic E-state index is 9.51. The van der Waals surface area contributed by atoms with Crippen LogP contribution in [-0.4, -0.2) is 20.0 Å². The second-order valence-electron chi connectivity index (χ2n) is 4.87. The second-order valence-corrected chi connectivity index (χ2v) is 5.69. The molecule has 3 aromatic rings. The molecule has 1 aromatic heterocycles. The molecule has 4 nitrogen and oxygen atoms in total. The minimum atomic E-state index is 0.0342. The van der Waals surface area contributed by atoms with Crippen LogP contribution in [-0.2, 0) is 7.05 Å². The Hall–Kier alpha value is -2.17. The van der Waals surface area contributed by atoms with Crippen molar-refractivity contribution in [3.05, 3.63) is 52.5 Å². The average Bonchev–Trinajstić information content (AvgIpc) is 2.87. The van der Waals surface area contributed by atoms with Gasteiger partial charge in [-0.05, 0) is 42.5 Å². The Morgan fingerprint density at radius 2 is 1.41 bits per heavy atom. The smallest absolute Gasteiger partial charge is 0.134 e. The highest BCUT2D eigenvalue weighted by Crippen LogP contribution is 2.33. The molecule has 0 aliphatic carbocycles. The van der Waals surface area contributed by atoms with E-state index in [1.807, 2.05) is 13.1 Å². The number of hydrogen-bond donors (Lipinski definition) is 2. The molecule has 2 N–H and O–H groups in total. The van der Waals surface area contributed by atoms with E-state index in [1.165, 1.54) is 6.07 Å². The number of benzene rings is 2. The standard InChI is InChI=1S/C16H12Cl2N2O2/c1-20-14(10-3-5-16(22)12(18)7-10)8-13(19-20)9-2-4-15(21)11(17)6-9/h2-8,21-22H,1H3. The number of aromatic hydroxyl groups is 2. The van der Waals surface area contributed by atoms with Gasteiger partial charge >= 0.3 is 0 Å². The van der Waals surface area contributed by atoms with Crippen molar-refractivity contribution in [3.8, 4) is 34.0 Å². The van der Waals surface area contributed by atoms with Gasteiger partial charge in [-0.2, -0.15) is 5.10 Å². The van der Waals surface area contributed by atoms with Gasteiger partial charge in [0.1, 0.15) is 11.5 Å². The van der Waals surface area contributed by atoms with Crippen LogP contribution in [0.1, 0.15) is 0 Å². The molecule has 3 rings (SSSR count). The minimum absolute atomic E-state index is 0.0342. The Labute approximate surface area is 137 Å². The normalized spacial score (nSPS) is 10.9. The number of phenols is 2. The number of halogens is 2. The van der Waals surface area contributed by atoms with Crippen LogP contribution < -0.4 is 0 Å². The molecule has 22 heavy (non-hydrogen) atoms. The molecule has 112 valence electrons. The summed E-state index contributed by atoms with van der Waals surface area (Å²) in [4.78, 5) is 0. The van der Waals surface area contributed by atoms with E-state index in [-0.39, 0.29) is 21.5 Å². The van der Waals surface area contributed by atoms with Crippen LogP contribution in [0.2, 0.25) is 10.0 Å². The fourth-order valence-electron chi connectivity index (χ4n) is 2.21. The van der Waals surface area contributed by atoms with E-state index >= 15 is 0 Å². The molecule has 0 aliphatic heterocycles. The predicted molar refractivity (Wildman–Crippen MR) is 87.4 cm³/mol. The first-order valence-corrected chi connectivity index (χ1v) is 7.23. The zero-order valence-corrected chi connectivity index (χ0v) is 13.1. The van der Waals surface area contributed by atoms with Crippen molar-refractivity contribution in [1.29, 1.82) is 0 Å². The topological polar surface area (TPSA) is 58.3 Å². The van der Waals surface area contributed by atoms with Crippen molar-refractivity contribution in [2.24, 2.45) is 7.05 Å². The summed E-state index contributed by atoms with van der Waals surface area (Å²) < 4.78 is 1.72. The molecule has 0 bridgehead atoms. The molecule has 0 fully saturated rings. The van der Waals surface area contributed by atoms with Gasteiger partial charge in [0.15, 0.2) is 0 Å². The first-order chi connectivity index (χ1) is 10.5. The second kappa shape index (κ2) is 5.55. The first kappa shape index (κ1) is 14.8. The number of rotatable bonds is 2. The van der Waals surface area contributed by atoms with Gasteiger partial charge in [0.2, 0.25) is 0 Å². The van der Waals surface area contributed by atoms with Crippen LogP contribution >= 0.6 is 23.2 Å². The highest BCUT2D eigenvalue weighted by molar-refractivity contribution is 6.32.